The Balaban J connectivity index is 1.66. The Labute approximate surface area is 134 Å². The number of nitrogens with one attached hydrogen (secondary N) is 1. The highest BCUT2D eigenvalue weighted by molar-refractivity contribution is 6.01. The Bertz CT molecular complexity index is 780. The van der Waals surface area contributed by atoms with Crippen molar-refractivity contribution in [3.63, 3.8) is 0 Å². The number of para-hydroxylation sites is 1. The summed E-state index contributed by atoms with van der Waals surface area (Å²) in [6.45, 7) is 3.54. The van der Waals surface area contributed by atoms with Gasteiger partial charge in [0.05, 0.1) is 12.0 Å². The first-order chi connectivity index (χ1) is 11.1. The van der Waals surface area contributed by atoms with Gasteiger partial charge in [-0.15, -0.1) is 0 Å². The molecular weight excluding hydrogens is 290 g/mol. The molecule has 0 bridgehead atoms. The molecule has 0 spiro atoms. The summed E-state index contributed by atoms with van der Waals surface area (Å²) in [6.07, 6.45) is 2.27. The molecule has 2 aliphatic heterocycles. The predicted octanol–water partition coefficient (Wildman–Crippen LogP) is 2.52. The number of fused-ring (bicyclic) bond motifs is 2. The molecule has 1 aromatic carbocycles. The van der Waals surface area contributed by atoms with Gasteiger partial charge in [-0.1, -0.05) is 18.2 Å². The van der Waals surface area contributed by atoms with Gasteiger partial charge < -0.3 is 14.8 Å². The highest BCUT2D eigenvalue weighted by Crippen LogP contribution is 2.36. The third-order valence-electron chi connectivity index (χ3n) is 4.92. The van der Waals surface area contributed by atoms with Crippen LogP contribution in [0.5, 0.6) is 0 Å². The van der Waals surface area contributed by atoms with Crippen molar-refractivity contribution in [2.75, 3.05) is 11.9 Å². The average molecular weight is 309 g/mol. The van der Waals surface area contributed by atoms with E-state index in [0.29, 0.717) is 6.54 Å². The van der Waals surface area contributed by atoms with Gasteiger partial charge >= 0.3 is 0 Å². The zero-order valence-electron chi connectivity index (χ0n) is 13.0. The molecule has 2 aromatic rings. The van der Waals surface area contributed by atoms with Crippen molar-refractivity contribution in [1.29, 1.82) is 0 Å². The lowest BCUT2D eigenvalue weighted by molar-refractivity contribution is -0.138. The van der Waals surface area contributed by atoms with Gasteiger partial charge in [-0.05, 0) is 30.7 Å². The zero-order valence-corrected chi connectivity index (χ0v) is 13.0. The van der Waals surface area contributed by atoms with Gasteiger partial charge in [0, 0.05) is 37.1 Å². The van der Waals surface area contributed by atoms with Gasteiger partial charge in [0.25, 0.3) is 0 Å². The number of benzene rings is 1. The number of hydrogen-bond acceptors (Lipinski definition) is 2. The van der Waals surface area contributed by atoms with E-state index in [1.54, 1.807) is 0 Å². The molecule has 0 saturated heterocycles. The summed E-state index contributed by atoms with van der Waals surface area (Å²) in [5, 5.41) is 2.86. The molecule has 0 radical (unpaired) electrons. The Kier molecular flexibility index (Phi) is 3.22. The molecule has 0 unspecified atom stereocenters. The second-order valence-electron chi connectivity index (χ2n) is 6.23. The summed E-state index contributed by atoms with van der Waals surface area (Å²) in [6, 6.07) is 11.7. The lowest BCUT2D eigenvalue weighted by Gasteiger charge is -2.38. The minimum Gasteiger partial charge on any atom is -0.348 e. The summed E-state index contributed by atoms with van der Waals surface area (Å²) in [4.78, 5) is 27.0. The maximum absolute atomic E-state index is 13.1. The molecule has 2 aliphatic rings. The quantitative estimate of drug-likeness (QED) is 0.880. The fraction of sp³-hybridized carbons (Fsp3) is 0.333. The standard InChI is InChI=1S/C18H19N3O2/c1-12-16-7-4-8-20(16)9-10-21(12)18(23)14-11-17(22)19-15-6-3-2-5-13(14)15/h2-8,12,14H,9-11H2,1H3,(H,19,22)/t12-,14-/m1/s1. The van der Waals surface area contributed by atoms with Crippen LogP contribution in [0.1, 0.15) is 36.6 Å². The van der Waals surface area contributed by atoms with E-state index in [4.69, 9.17) is 0 Å². The number of aromatic nitrogens is 1. The molecule has 0 fully saturated rings. The van der Waals surface area contributed by atoms with Gasteiger partial charge in [0.1, 0.15) is 0 Å². The maximum Gasteiger partial charge on any atom is 0.231 e. The van der Waals surface area contributed by atoms with Crippen molar-refractivity contribution in [2.24, 2.45) is 0 Å². The number of carbonyl (C=O) groups is 2. The van der Waals surface area contributed by atoms with Crippen LogP contribution in [0.25, 0.3) is 0 Å². The fourth-order valence-electron chi connectivity index (χ4n) is 3.71. The SMILES string of the molecule is C[C@@H]1c2cccn2CCN1C(=O)[C@@H]1CC(=O)Nc2ccccc21. The van der Waals surface area contributed by atoms with E-state index in [0.717, 1.165) is 23.5 Å². The molecule has 2 amide bonds. The van der Waals surface area contributed by atoms with Crippen LogP contribution in [0, 0.1) is 0 Å². The van der Waals surface area contributed by atoms with Crippen LogP contribution in [0.4, 0.5) is 5.69 Å². The van der Waals surface area contributed by atoms with Crippen molar-refractivity contribution in [1.82, 2.24) is 9.47 Å². The van der Waals surface area contributed by atoms with Gasteiger partial charge in [-0.2, -0.15) is 0 Å². The number of nitrogens with zero attached hydrogens (tertiary/aromatic N) is 2. The minimum atomic E-state index is -0.385. The average Bonchev–Trinajstić information content (AvgIpc) is 3.03. The van der Waals surface area contributed by atoms with Crippen LogP contribution in [0.3, 0.4) is 0 Å². The zero-order chi connectivity index (χ0) is 16.0. The van der Waals surface area contributed by atoms with Gasteiger partial charge in [-0.3, -0.25) is 9.59 Å². The summed E-state index contributed by atoms with van der Waals surface area (Å²) in [5.41, 5.74) is 2.83. The molecule has 23 heavy (non-hydrogen) atoms. The molecule has 0 aliphatic carbocycles. The maximum atomic E-state index is 13.1. The summed E-state index contributed by atoms with van der Waals surface area (Å²) in [5.74, 6) is -0.425. The smallest absolute Gasteiger partial charge is 0.231 e. The van der Waals surface area contributed by atoms with Gasteiger partial charge in [-0.25, -0.2) is 0 Å². The largest absolute Gasteiger partial charge is 0.348 e. The highest BCUT2D eigenvalue weighted by Gasteiger charge is 2.36. The van der Waals surface area contributed by atoms with Crippen LogP contribution in [0.15, 0.2) is 42.6 Å². The van der Waals surface area contributed by atoms with Gasteiger partial charge in [0.2, 0.25) is 11.8 Å². The van der Waals surface area contributed by atoms with Crippen molar-refractivity contribution < 1.29 is 9.59 Å². The molecule has 3 heterocycles. The molecule has 5 heteroatoms. The first-order valence-corrected chi connectivity index (χ1v) is 7.99. The van der Waals surface area contributed by atoms with E-state index < -0.39 is 0 Å². The number of carbonyl (C=O) groups excluding carboxylic acids is 2. The lowest BCUT2D eigenvalue weighted by atomic mass is 9.88. The molecule has 1 N–H and O–H groups in total. The second-order valence-corrected chi connectivity index (χ2v) is 6.23. The van der Waals surface area contributed by atoms with Crippen LogP contribution >= 0.6 is 0 Å². The Hall–Kier alpha value is -2.56. The molecule has 5 nitrogen and oxygen atoms in total. The van der Waals surface area contributed by atoms with E-state index in [1.165, 1.54) is 0 Å². The van der Waals surface area contributed by atoms with Crippen molar-refractivity contribution >= 4 is 17.5 Å². The lowest BCUT2D eigenvalue weighted by Crippen LogP contribution is -2.44. The summed E-state index contributed by atoms with van der Waals surface area (Å²) in [7, 11) is 0. The summed E-state index contributed by atoms with van der Waals surface area (Å²) >= 11 is 0. The molecular formula is C18H19N3O2. The first kappa shape index (κ1) is 14.1. The number of anilines is 1. The van der Waals surface area contributed by atoms with Crippen LogP contribution in [-0.2, 0) is 16.1 Å². The van der Waals surface area contributed by atoms with Crippen molar-refractivity contribution in [3.05, 3.63) is 53.9 Å². The Morgan fingerprint density at radius 2 is 2.00 bits per heavy atom. The molecule has 2 atom stereocenters. The van der Waals surface area contributed by atoms with E-state index in [9.17, 15) is 9.59 Å². The fourth-order valence-corrected chi connectivity index (χ4v) is 3.71. The number of amides is 2. The van der Waals surface area contributed by atoms with Crippen molar-refractivity contribution in [2.45, 2.75) is 31.8 Å². The third-order valence-corrected chi connectivity index (χ3v) is 4.92. The van der Waals surface area contributed by atoms with E-state index in [2.05, 4.69) is 29.1 Å². The van der Waals surface area contributed by atoms with E-state index in [-0.39, 0.29) is 30.2 Å². The number of hydrogen-bond donors (Lipinski definition) is 1. The third kappa shape index (κ3) is 2.23. The molecule has 118 valence electrons. The normalized spacial score (nSPS) is 23.0. The molecule has 1 aromatic heterocycles. The molecule has 0 saturated carbocycles. The van der Waals surface area contributed by atoms with Crippen LogP contribution in [0.2, 0.25) is 0 Å². The first-order valence-electron chi connectivity index (χ1n) is 7.99. The Morgan fingerprint density at radius 3 is 2.87 bits per heavy atom. The van der Waals surface area contributed by atoms with Crippen LogP contribution in [-0.4, -0.2) is 27.8 Å². The van der Waals surface area contributed by atoms with Crippen molar-refractivity contribution in [3.8, 4) is 0 Å². The predicted molar refractivity (Wildman–Crippen MR) is 87.0 cm³/mol. The Morgan fingerprint density at radius 1 is 1.17 bits per heavy atom. The second kappa shape index (κ2) is 5.26. The topological polar surface area (TPSA) is 54.3 Å². The van der Waals surface area contributed by atoms with Crippen LogP contribution < -0.4 is 5.32 Å². The molecule has 4 rings (SSSR count). The van der Waals surface area contributed by atoms with E-state index in [1.807, 2.05) is 35.2 Å². The summed E-state index contributed by atoms with van der Waals surface area (Å²) < 4.78 is 2.19. The van der Waals surface area contributed by atoms with Gasteiger partial charge in [0.15, 0.2) is 0 Å². The minimum absolute atomic E-state index is 0.0309. The van der Waals surface area contributed by atoms with E-state index >= 15 is 0 Å². The highest BCUT2D eigenvalue weighted by atomic mass is 16.2. The number of rotatable bonds is 1. The monoisotopic (exact) mass is 309 g/mol.